The van der Waals surface area contributed by atoms with Gasteiger partial charge in [-0.2, -0.15) is 0 Å². The highest BCUT2D eigenvalue weighted by Gasteiger charge is 2.15. The quantitative estimate of drug-likeness (QED) is 0.806. The van der Waals surface area contributed by atoms with Crippen LogP contribution in [-0.4, -0.2) is 17.3 Å². The van der Waals surface area contributed by atoms with Crippen molar-refractivity contribution in [3.05, 3.63) is 24.0 Å². The van der Waals surface area contributed by atoms with Crippen LogP contribution in [0.2, 0.25) is 0 Å². The molecule has 0 saturated carbocycles. The van der Waals surface area contributed by atoms with Crippen LogP contribution in [0.5, 0.6) is 5.75 Å². The highest BCUT2D eigenvalue weighted by atomic mass is 16.5. The van der Waals surface area contributed by atoms with E-state index in [-0.39, 0.29) is 0 Å². The van der Waals surface area contributed by atoms with Gasteiger partial charge in [0.15, 0.2) is 11.6 Å². The van der Waals surface area contributed by atoms with Crippen LogP contribution in [0.1, 0.15) is 5.56 Å². The molecule has 0 radical (unpaired) electrons. The van der Waals surface area contributed by atoms with Crippen LogP contribution >= 0.6 is 0 Å². The summed E-state index contributed by atoms with van der Waals surface area (Å²) in [5.41, 5.74) is 7.21. The number of anilines is 1. The Labute approximate surface area is 86.9 Å². The maximum atomic E-state index is 5.61. The summed E-state index contributed by atoms with van der Waals surface area (Å²) in [6, 6.07) is 1.80. The Bertz CT molecular complexity index is 479. The SMILES string of the molecule is COc1cnccc1-c1onc(N)c1C. The van der Waals surface area contributed by atoms with Gasteiger partial charge in [0.2, 0.25) is 0 Å². The molecule has 0 fully saturated rings. The number of nitrogens with two attached hydrogens (primary N) is 1. The molecule has 0 atom stereocenters. The third kappa shape index (κ3) is 1.52. The zero-order valence-corrected chi connectivity index (χ0v) is 8.52. The molecule has 78 valence electrons. The smallest absolute Gasteiger partial charge is 0.175 e. The van der Waals surface area contributed by atoms with Crippen molar-refractivity contribution < 1.29 is 9.26 Å². The Kier molecular flexibility index (Phi) is 2.29. The first-order valence-corrected chi connectivity index (χ1v) is 4.44. The van der Waals surface area contributed by atoms with Crippen LogP contribution in [0, 0.1) is 6.92 Å². The third-order valence-electron chi connectivity index (χ3n) is 2.21. The normalized spacial score (nSPS) is 10.3. The fourth-order valence-corrected chi connectivity index (χ4v) is 1.33. The molecule has 5 nitrogen and oxygen atoms in total. The number of ether oxygens (including phenoxy) is 1. The van der Waals surface area contributed by atoms with E-state index in [2.05, 4.69) is 10.1 Å². The number of rotatable bonds is 2. The fourth-order valence-electron chi connectivity index (χ4n) is 1.33. The van der Waals surface area contributed by atoms with E-state index in [4.69, 9.17) is 15.0 Å². The van der Waals surface area contributed by atoms with Gasteiger partial charge in [-0.15, -0.1) is 0 Å². The summed E-state index contributed by atoms with van der Waals surface area (Å²) < 4.78 is 10.3. The number of aromatic nitrogens is 2. The van der Waals surface area contributed by atoms with Crippen molar-refractivity contribution in [2.45, 2.75) is 6.92 Å². The maximum absolute atomic E-state index is 5.61. The van der Waals surface area contributed by atoms with Gasteiger partial charge in [0.05, 0.1) is 18.9 Å². The molecule has 2 heterocycles. The summed E-state index contributed by atoms with van der Waals surface area (Å²) in [5, 5.41) is 3.69. The standard InChI is InChI=1S/C10H11N3O2/c1-6-9(15-13-10(6)11)7-3-4-12-5-8(7)14-2/h3-5H,1-2H3,(H2,11,13). The predicted octanol–water partition coefficient (Wildman–Crippen LogP) is 1.64. The Morgan fingerprint density at radius 3 is 2.87 bits per heavy atom. The molecule has 15 heavy (non-hydrogen) atoms. The Hall–Kier alpha value is -2.04. The minimum atomic E-state index is 0.392. The molecule has 0 bridgehead atoms. The maximum Gasteiger partial charge on any atom is 0.175 e. The van der Waals surface area contributed by atoms with E-state index in [1.54, 1.807) is 25.6 Å². The van der Waals surface area contributed by atoms with Crippen LogP contribution in [0.3, 0.4) is 0 Å². The van der Waals surface area contributed by atoms with E-state index in [1.165, 1.54) is 0 Å². The number of hydrogen-bond donors (Lipinski definition) is 1. The van der Waals surface area contributed by atoms with Crippen LogP contribution in [-0.2, 0) is 0 Å². The number of nitrogens with zero attached hydrogens (tertiary/aromatic N) is 2. The lowest BCUT2D eigenvalue weighted by Crippen LogP contribution is -1.90. The molecule has 0 aliphatic carbocycles. The summed E-state index contributed by atoms with van der Waals surface area (Å²) >= 11 is 0. The van der Waals surface area contributed by atoms with Crippen molar-refractivity contribution in [2.75, 3.05) is 12.8 Å². The first kappa shape index (κ1) is 9.51. The molecule has 0 aliphatic rings. The molecule has 2 aromatic heterocycles. The second kappa shape index (κ2) is 3.61. The Morgan fingerprint density at radius 1 is 1.47 bits per heavy atom. The molecule has 2 N–H and O–H groups in total. The van der Waals surface area contributed by atoms with Crippen molar-refractivity contribution in [1.29, 1.82) is 0 Å². The first-order valence-electron chi connectivity index (χ1n) is 4.44. The average Bonchev–Trinajstić information content (AvgIpc) is 2.60. The van der Waals surface area contributed by atoms with Gasteiger partial charge in [0, 0.05) is 11.8 Å². The lowest BCUT2D eigenvalue weighted by atomic mass is 10.1. The number of hydrogen-bond acceptors (Lipinski definition) is 5. The topological polar surface area (TPSA) is 74.2 Å². The van der Waals surface area contributed by atoms with Crippen LogP contribution < -0.4 is 10.5 Å². The lowest BCUT2D eigenvalue weighted by Gasteiger charge is -2.04. The molecule has 0 amide bonds. The second-order valence-corrected chi connectivity index (χ2v) is 3.10. The van der Waals surface area contributed by atoms with Gasteiger partial charge >= 0.3 is 0 Å². The average molecular weight is 205 g/mol. The van der Waals surface area contributed by atoms with Crippen molar-refractivity contribution in [1.82, 2.24) is 10.1 Å². The van der Waals surface area contributed by atoms with Crippen molar-refractivity contribution >= 4 is 5.82 Å². The van der Waals surface area contributed by atoms with Crippen molar-refractivity contribution in [3.63, 3.8) is 0 Å². The molecule has 5 heteroatoms. The summed E-state index contributed by atoms with van der Waals surface area (Å²) in [6.07, 6.45) is 3.28. The summed E-state index contributed by atoms with van der Waals surface area (Å²) in [5.74, 6) is 1.65. The number of nitrogen functional groups attached to an aromatic ring is 1. The summed E-state index contributed by atoms with van der Waals surface area (Å²) in [7, 11) is 1.58. The third-order valence-corrected chi connectivity index (χ3v) is 2.21. The van der Waals surface area contributed by atoms with Crippen LogP contribution in [0.4, 0.5) is 5.82 Å². The molecule has 0 aliphatic heterocycles. The van der Waals surface area contributed by atoms with E-state index in [9.17, 15) is 0 Å². The fraction of sp³-hybridized carbons (Fsp3) is 0.200. The molecule has 0 unspecified atom stereocenters. The Balaban J connectivity index is 2.58. The van der Waals surface area contributed by atoms with Gasteiger partial charge in [0.25, 0.3) is 0 Å². The van der Waals surface area contributed by atoms with Gasteiger partial charge in [-0.3, -0.25) is 4.98 Å². The van der Waals surface area contributed by atoms with Gasteiger partial charge in [-0.1, -0.05) is 5.16 Å². The minimum Gasteiger partial charge on any atom is -0.494 e. The van der Waals surface area contributed by atoms with Crippen LogP contribution in [0.25, 0.3) is 11.3 Å². The van der Waals surface area contributed by atoms with Gasteiger partial charge in [0.1, 0.15) is 5.75 Å². The molecule has 0 aromatic carbocycles. The molecule has 2 rings (SSSR count). The Morgan fingerprint density at radius 2 is 2.27 bits per heavy atom. The zero-order chi connectivity index (χ0) is 10.8. The van der Waals surface area contributed by atoms with E-state index in [0.29, 0.717) is 17.3 Å². The number of methoxy groups -OCH3 is 1. The predicted molar refractivity (Wildman–Crippen MR) is 55.4 cm³/mol. The van der Waals surface area contributed by atoms with E-state index < -0.39 is 0 Å². The van der Waals surface area contributed by atoms with Gasteiger partial charge in [-0.05, 0) is 13.0 Å². The largest absolute Gasteiger partial charge is 0.494 e. The number of pyridine rings is 1. The highest BCUT2D eigenvalue weighted by Crippen LogP contribution is 2.32. The molecular formula is C10H11N3O2. The summed E-state index contributed by atoms with van der Waals surface area (Å²) in [6.45, 7) is 1.85. The minimum absolute atomic E-state index is 0.392. The van der Waals surface area contributed by atoms with Gasteiger partial charge < -0.3 is 15.0 Å². The molecule has 0 spiro atoms. The lowest BCUT2D eigenvalue weighted by molar-refractivity contribution is 0.405. The van der Waals surface area contributed by atoms with E-state index >= 15 is 0 Å². The second-order valence-electron chi connectivity index (χ2n) is 3.10. The molecule has 0 saturated heterocycles. The summed E-state index contributed by atoms with van der Waals surface area (Å²) in [4.78, 5) is 3.96. The van der Waals surface area contributed by atoms with E-state index in [0.717, 1.165) is 11.1 Å². The van der Waals surface area contributed by atoms with E-state index in [1.807, 2.05) is 6.92 Å². The monoisotopic (exact) mass is 205 g/mol. The van der Waals surface area contributed by atoms with Gasteiger partial charge in [-0.25, -0.2) is 0 Å². The molecular weight excluding hydrogens is 194 g/mol. The first-order chi connectivity index (χ1) is 7.24. The van der Waals surface area contributed by atoms with Crippen LogP contribution in [0.15, 0.2) is 23.0 Å². The van der Waals surface area contributed by atoms with Crippen molar-refractivity contribution in [3.8, 4) is 17.1 Å². The highest BCUT2D eigenvalue weighted by molar-refractivity contribution is 5.70. The zero-order valence-electron chi connectivity index (χ0n) is 8.52. The molecule has 2 aromatic rings. The van der Waals surface area contributed by atoms with Crippen molar-refractivity contribution in [2.24, 2.45) is 0 Å².